The van der Waals surface area contributed by atoms with Crippen LogP contribution in [0.2, 0.25) is 0 Å². The van der Waals surface area contributed by atoms with Gasteiger partial charge in [-0.3, -0.25) is 4.79 Å². The van der Waals surface area contributed by atoms with Crippen LogP contribution in [0.4, 0.5) is 0 Å². The lowest BCUT2D eigenvalue weighted by atomic mass is 9.64. The summed E-state index contributed by atoms with van der Waals surface area (Å²) in [5.74, 6) is 0.837. The van der Waals surface area contributed by atoms with E-state index in [1.165, 1.54) is 25.7 Å². The summed E-state index contributed by atoms with van der Waals surface area (Å²) in [7, 11) is 0. The SMILES string of the molecule is CC1(C)C(O)CC1NC(=O)C1CC2CCCCC2N1. The standard InChI is InChI=1S/C15H26N2O2/c1-15(2)12(8-13(15)18)17-14(19)11-7-9-5-3-4-6-10(9)16-11/h9-13,16,18H,3-8H2,1-2H3,(H,17,19). The van der Waals surface area contributed by atoms with Gasteiger partial charge in [0.25, 0.3) is 0 Å². The van der Waals surface area contributed by atoms with Crippen molar-refractivity contribution >= 4 is 5.91 Å². The van der Waals surface area contributed by atoms with Gasteiger partial charge in [0.05, 0.1) is 12.1 Å². The number of aliphatic hydroxyl groups excluding tert-OH is 1. The van der Waals surface area contributed by atoms with Crippen LogP contribution in [0.25, 0.3) is 0 Å². The van der Waals surface area contributed by atoms with Crippen LogP contribution in [0, 0.1) is 11.3 Å². The fourth-order valence-electron chi connectivity index (χ4n) is 3.94. The van der Waals surface area contributed by atoms with E-state index in [0.29, 0.717) is 18.4 Å². The smallest absolute Gasteiger partial charge is 0.237 e. The lowest BCUT2D eigenvalue weighted by Crippen LogP contribution is -2.63. The number of carbonyl (C=O) groups excluding carboxylic acids is 1. The molecule has 3 fully saturated rings. The Kier molecular flexibility index (Phi) is 3.34. The zero-order valence-electron chi connectivity index (χ0n) is 12.0. The van der Waals surface area contributed by atoms with E-state index in [4.69, 9.17) is 0 Å². The molecule has 0 aromatic heterocycles. The van der Waals surface area contributed by atoms with Gasteiger partial charge in [-0.25, -0.2) is 0 Å². The van der Waals surface area contributed by atoms with E-state index in [2.05, 4.69) is 10.6 Å². The molecule has 1 aliphatic heterocycles. The fraction of sp³-hybridized carbons (Fsp3) is 0.933. The highest BCUT2D eigenvalue weighted by Gasteiger charge is 2.49. The monoisotopic (exact) mass is 266 g/mol. The zero-order valence-corrected chi connectivity index (χ0v) is 12.0. The Morgan fingerprint density at radius 1 is 1.26 bits per heavy atom. The molecule has 0 aromatic rings. The van der Waals surface area contributed by atoms with E-state index in [9.17, 15) is 9.90 Å². The molecule has 3 aliphatic rings. The van der Waals surface area contributed by atoms with Gasteiger partial charge in [0.15, 0.2) is 0 Å². The minimum Gasteiger partial charge on any atom is -0.392 e. The summed E-state index contributed by atoms with van der Waals surface area (Å²) < 4.78 is 0. The third kappa shape index (κ3) is 2.29. The highest BCUT2D eigenvalue weighted by atomic mass is 16.3. The number of amides is 1. The molecule has 4 nitrogen and oxygen atoms in total. The van der Waals surface area contributed by atoms with Crippen LogP contribution in [-0.2, 0) is 4.79 Å². The maximum absolute atomic E-state index is 12.3. The van der Waals surface area contributed by atoms with Crippen molar-refractivity contribution in [1.82, 2.24) is 10.6 Å². The van der Waals surface area contributed by atoms with E-state index in [0.717, 1.165) is 6.42 Å². The van der Waals surface area contributed by atoms with E-state index in [1.54, 1.807) is 0 Å². The highest BCUT2D eigenvalue weighted by molar-refractivity contribution is 5.82. The van der Waals surface area contributed by atoms with E-state index in [1.807, 2.05) is 13.8 Å². The van der Waals surface area contributed by atoms with Crippen LogP contribution in [0.15, 0.2) is 0 Å². The summed E-state index contributed by atoms with van der Waals surface area (Å²) in [4.78, 5) is 12.3. The molecule has 5 unspecified atom stereocenters. The quantitative estimate of drug-likeness (QED) is 0.703. The largest absolute Gasteiger partial charge is 0.392 e. The first-order valence-corrected chi connectivity index (χ1v) is 7.73. The van der Waals surface area contributed by atoms with Crippen LogP contribution >= 0.6 is 0 Å². The predicted octanol–water partition coefficient (Wildman–Crippen LogP) is 1.18. The molecule has 0 aromatic carbocycles. The summed E-state index contributed by atoms with van der Waals surface area (Å²) in [6.45, 7) is 4.04. The number of rotatable bonds is 2. The Morgan fingerprint density at radius 2 is 2.00 bits per heavy atom. The third-order valence-electron chi connectivity index (χ3n) is 5.71. The molecule has 108 valence electrons. The molecular weight excluding hydrogens is 240 g/mol. The average Bonchev–Trinajstić information content (AvgIpc) is 2.82. The number of hydrogen-bond donors (Lipinski definition) is 3. The summed E-state index contributed by atoms with van der Waals surface area (Å²) in [6, 6.07) is 0.672. The molecule has 3 rings (SSSR count). The number of fused-ring (bicyclic) bond motifs is 1. The van der Waals surface area contributed by atoms with Crippen LogP contribution in [0.1, 0.15) is 52.4 Å². The number of carbonyl (C=O) groups is 1. The average molecular weight is 266 g/mol. The van der Waals surface area contributed by atoms with Gasteiger partial charge in [-0.1, -0.05) is 26.7 Å². The Balaban J connectivity index is 1.54. The van der Waals surface area contributed by atoms with Gasteiger partial charge in [0.2, 0.25) is 5.91 Å². The third-order valence-corrected chi connectivity index (χ3v) is 5.71. The molecule has 3 N–H and O–H groups in total. The fourth-order valence-corrected chi connectivity index (χ4v) is 3.94. The predicted molar refractivity (Wildman–Crippen MR) is 73.6 cm³/mol. The molecule has 0 spiro atoms. The Morgan fingerprint density at radius 3 is 2.63 bits per heavy atom. The van der Waals surface area contributed by atoms with Crippen LogP contribution < -0.4 is 10.6 Å². The summed E-state index contributed by atoms with van der Waals surface area (Å²) >= 11 is 0. The van der Waals surface area contributed by atoms with Crippen molar-refractivity contribution in [3.63, 3.8) is 0 Å². The van der Waals surface area contributed by atoms with E-state index in [-0.39, 0.29) is 29.5 Å². The van der Waals surface area contributed by atoms with Gasteiger partial charge in [-0.2, -0.15) is 0 Å². The minimum atomic E-state index is -0.281. The number of nitrogens with one attached hydrogen (secondary N) is 2. The Hall–Kier alpha value is -0.610. The van der Waals surface area contributed by atoms with Gasteiger partial charge in [0.1, 0.15) is 0 Å². The normalized spacial score (nSPS) is 44.3. The van der Waals surface area contributed by atoms with Crippen molar-refractivity contribution in [2.45, 2.75) is 76.6 Å². The van der Waals surface area contributed by atoms with Crippen molar-refractivity contribution < 1.29 is 9.90 Å². The van der Waals surface area contributed by atoms with Crippen molar-refractivity contribution in [3.05, 3.63) is 0 Å². The summed E-state index contributed by atoms with van der Waals surface area (Å²) in [5, 5.41) is 16.4. The van der Waals surface area contributed by atoms with Crippen molar-refractivity contribution in [2.75, 3.05) is 0 Å². The van der Waals surface area contributed by atoms with Gasteiger partial charge in [-0.05, 0) is 31.6 Å². The molecule has 1 heterocycles. The van der Waals surface area contributed by atoms with Crippen molar-refractivity contribution in [1.29, 1.82) is 0 Å². The first-order valence-electron chi connectivity index (χ1n) is 7.73. The number of hydrogen-bond acceptors (Lipinski definition) is 3. The van der Waals surface area contributed by atoms with Crippen LogP contribution in [0.3, 0.4) is 0 Å². The van der Waals surface area contributed by atoms with Gasteiger partial charge < -0.3 is 15.7 Å². The molecule has 2 saturated carbocycles. The molecule has 2 aliphatic carbocycles. The second kappa shape index (κ2) is 4.74. The van der Waals surface area contributed by atoms with Crippen LogP contribution in [0.5, 0.6) is 0 Å². The minimum absolute atomic E-state index is 0.0124. The summed E-state index contributed by atoms with van der Waals surface area (Å²) in [6.07, 6.45) is 6.52. The molecule has 1 saturated heterocycles. The van der Waals surface area contributed by atoms with E-state index >= 15 is 0 Å². The molecule has 5 atom stereocenters. The Bertz CT molecular complexity index is 355. The first-order chi connectivity index (χ1) is 8.98. The molecule has 0 radical (unpaired) electrons. The first kappa shape index (κ1) is 13.4. The number of aliphatic hydroxyl groups is 1. The maximum Gasteiger partial charge on any atom is 0.237 e. The zero-order chi connectivity index (χ0) is 13.6. The molecule has 4 heteroatoms. The van der Waals surface area contributed by atoms with Gasteiger partial charge >= 0.3 is 0 Å². The van der Waals surface area contributed by atoms with E-state index < -0.39 is 0 Å². The highest BCUT2D eigenvalue weighted by Crippen LogP contribution is 2.40. The van der Waals surface area contributed by atoms with Gasteiger partial charge in [-0.15, -0.1) is 0 Å². The summed E-state index contributed by atoms with van der Waals surface area (Å²) in [5.41, 5.74) is -0.180. The van der Waals surface area contributed by atoms with Crippen LogP contribution in [-0.4, -0.2) is 35.2 Å². The second-order valence-electron chi connectivity index (χ2n) is 7.24. The molecule has 0 bridgehead atoms. The lowest BCUT2D eigenvalue weighted by molar-refractivity contribution is -0.131. The molecular formula is C15H26N2O2. The lowest BCUT2D eigenvalue weighted by Gasteiger charge is -2.49. The second-order valence-corrected chi connectivity index (χ2v) is 7.24. The van der Waals surface area contributed by atoms with Crippen molar-refractivity contribution in [3.8, 4) is 0 Å². The maximum atomic E-state index is 12.3. The Labute approximate surface area is 115 Å². The molecule has 19 heavy (non-hydrogen) atoms. The topological polar surface area (TPSA) is 61.4 Å². The van der Waals surface area contributed by atoms with Gasteiger partial charge in [0, 0.05) is 17.5 Å². The molecule has 1 amide bonds. The van der Waals surface area contributed by atoms with Crippen molar-refractivity contribution in [2.24, 2.45) is 11.3 Å².